The zero-order valence-corrected chi connectivity index (χ0v) is 10.7. The van der Waals surface area contributed by atoms with Gasteiger partial charge < -0.3 is 9.47 Å². The molecule has 0 N–H and O–H groups in total. The lowest BCUT2D eigenvalue weighted by atomic mass is 9.92. The molecule has 7 nitrogen and oxygen atoms in total. The third-order valence-corrected chi connectivity index (χ3v) is 2.63. The van der Waals surface area contributed by atoms with E-state index in [0.717, 1.165) is 5.06 Å². The number of methoxy groups -OCH3 is 1. The van der Waals surface area contributed by atoms with Crippen LogP contribution in [-0.4, -0.2) is 56.2 Å². The number of piperidine rings is 1. The SMILES string of the molecule is CCOC(=O)C1C(=O)CC(COC)N(OC)C1=O. The van der Waals surface area contributed by atoms with Crippen LogP contribution in [0.1, 0.15) is 13.3 Å². The van der Waals surface area contributed by atoms with Gasteiger partial charge in [-0.1, -0.05) is 0 Å². The van der Waals surface area contributed by atoms with E-state index >= 15 is 0 Å². The molecule has 2 unspecified atom stereocenters. The molecule has 0 bridgehead atoms. The molecule has 0 aliphatic carbocycles. The van der Waals surface area contributed by atoms with E-state index < -0.39 is 29.6 Å². The van der Waals surface area contributed by atoms with Gasteiger partial charge in [0, 0.05) is 13.5 Å². The van der Waals surface area contributed by atoms with Crippen LogP contribution in [0.3, 0.4) is 0 Å². The normalized spacial score (nSPS) is 24.3. The topological polar surface area (TPSA) is 82.1 Å². The molecule has 0 radical (unpaired) electrons. The predicted octanol–water partition coefficient (Wildman–Crippen LogP) is -0.456. The fraction of sp³-hybridized carbons (Fsp3) is 0.727. The Hall–Kier alpha value is -1.47. The van der Waals surface area contributed by atoms with E-state index in [9.17, 15) is 14.4 Å². The minimum absolute atomic E-state index is 0.0108. The summed E-state index contributed by atoms with van der Waals surface area (Å²) in [5, 5.41) is 1.01. The maximum Gasteiger partial charge on any atom is 0.326 e. The lowest BCUT2D eigenvalue weighted by molar-refractivity contribution is -0.207. The molecule has 1 aliphatic rings. The molecule has 1 rings (SSSR count). The highest BCUT2D eigenvalue weighted by Gasteiger charge is 2.46. The summed E-state index contributed by atoms with van der Waals surface area (Å²) in [4.78, 5) is 40.3. The van der Waals surface area contributed by atoms with Crippen molar-refractivity contribution in [1.82, 2.24) is 5.06 Å². The van der Waals surface area contributed by atoms with Crippen molar-refractivity contribution in [2.45, 2.75) is 19.4 Å². The van der Waals surface area contributed by atoms with E-state index in [1.165, 1.54) is 14.2 Å². The molecule has 1 heterocycles. The first kappa shape index (κ1) is 14.6. The maximum absolute atomic E-state index is 12.0. The molecule has 7 heteroatoms. The van der Waals surface area contributed by atoms with Crippen molar-refractivity contribution in [2.24, 2.45) is 5.92 Å². The highest BCUT2D eigenvalue weighted by atomic mass is 16.7. The minimum Gasteiger partial charge on any atom is -0.465 e. The average Bonchev–Trinajstić information content (AvgIpc) is 2.29. The van der Waals surface area contributed by atoms with Gasteiger partial charge in [0.1, 0.15) is 0 Å². The molecule has 0 saturated carbocycles. The van der Waals surface area contributed by atoms with Gasteiger partial charge in [-0.05, 0) is 6.92 Å². The van der Waals surface area contributed by atoms with Crippen LogP contribution < -0.4 is 0 Å². The van der Waals surface area contributed by atoms with Crippen molar-refractivity contribution in [3.63, 3.8) is 0 Å². The number of rotatable bonds is 5. The van der Waals surface area contributed by atoms with Gasteiger partial charge in [-0.3, -0.25) is 19.2 Å². The molecule has 0 aromatic heterocycles. The fourth-order valence-corrected chi connectivity index (χ4v) is 1.89. The van der Waals surface area contributed by atoms with E-state index in [-0.39, 0.29) is 19.6 Å². The van der Waals surface area contributed by atoms with Crippen LogP contribution in [-0.2, 0) is 28.7 Å². The molecule has 0 aromatic rings. The summed E-state index contributed by atoms with van der Waals surface area (Å²) in [6.07, 6.45) is 0.0108. The molecule has 18 heavy (non-hydrogen) atoms. The van der Waals surface area contributed by atoms with E-state index in [2.05, 4.69) is 0 Å². The third-order valence-electron chi connectivity index (χ3n) is 2.63. The van der Waals surface area contributed by atoms with Crippen molar-refractivity contribution in [3.8, 4) is 0 Å². The number of hydrogen-bond acceptors (Lipinski definition) is 6. The lowest BCUT2D eigenvalue weighted by Crippen LogP contribution is -2.55. The number of carbonyl (C=O) groups is 3. The van der Waals surface area contributed by atoms with Gasteiger partial charge in [0.25, 0.3) is 5.91 Å². The quantitative estimate of drug-likeness (QED) is 0.491. The summed E-state index contributed by atoms with van der Waals surface area (Å²) >= 11 is 0. The molecule has 1 aliphatic heterocycles. The monoisotopic (exact) mass is 259 g/mol. The highest BCUT2D eigenvalue weighted by molar-refractivity contribution is 6.17. The number of carbonyl (C=O) groups excluding carboxylic acids is 3. The zero-order chi connectivity index (χ0) is 13.7. The van der Waals surface area contributed by atoms with Crippen molar-refractivity contribution in [1.29, 1.82) is 0 Å². The molecule has 0 aromatic carbocycles. The fourth-order valence-electron chi connectivity index (χ4n) is 1.89. The smallest absolute Gasteiger partial charge is 0.326 e. The van der Waals surface area contributed by atoms with Crippen molar-refractivity contribution in [3.05, 3.63) is 0 Å². The molecule has 1 amide bonds. The standard InChI is InChI=1S/C11H17NO6/c1-4-18-11(15)9-8(13)5-7(6-16-2)12(17-3)10(9)14/h7,9H,4-6H2,1-3H3. The molecule has 0 spiro atoms. The molecule has 102 valence electrons. The number of hydroxylamine groups is 2. The van der Waals surface area contributed by atoms with E-state index in [1.807, 2.05) is 0 Å². The third kappa shape index (κ3) is 2.85. The number of Topliss-reactive ketones (excluding diaryl/α,β-unsaturated/α-hetero) is 1. The Morgan fingerprint density at radius 2 is 2.06 bits per heavy atom. The van der Waals surface area contributed by atoms with Crippen molar-refractivity contribution >= 4 is 17.7 Å². The van der Waals surface area contributed by atoms with Crippen LogP contribution in [0.2, 0.25) is 0 Å². The van der Waals surface area contributed by atoms with Crippen LogP contribution in [0.5, 0.6) is 0 Å². The summed E-state index contributed by atoms with van der Waals surface area (Å²) in [5.74, 6) is -3.41. The van der Waals surface area contributed by atoms with Gasteiger partial charge in [0.05, 0.1) is 26.4 Å². The first-order chi connectivity index (χ1) is 8.56. The van der Waals surface area contributed by atoms with Crippen LogP contribution in [0.25, 0.3) is 0 Å². The van der Waals surface area contributed by atoms with Crippen LogP contribution in [0.4, 0.5) is 0 Å². The van der Waals surface area contributed by atoms with E-state index in [1.54, 1.807) is 6.92 Å². The Labute approximate surface area is 105 Å². The number of hydrogen-bond donors (Lipinski definition) is 0. The maximum atomic E-state index is 12.0. The summed E-state index contributed by atoms with van der Waals surface area (Å²) < 4.78 is 9.63. The molecule has 2 atom stereocenters. The van der Waals surface area contributed by atoms with Gasteiger partial charge in [-0.25, -0.2) is 5.06 Å². The Kier molecular flexibility index (Phi) is 5.24. The van der Waals surface area contributed by atoms with Gasteiger partial charge in [-0.2, -0.15) is 0 Å². The van der Waals surface area contributed by atoms with Crippen LogP contribution in [0, 0.1) is 5.92 Å². The highest BCUT2D eigenvalue weighted by Crippen LogP contribution is 2.22. The Morgan fingerprint density at radius 3 is 2.56 bits per heavy atom. The first-order valence-corrected chi connectivity index (χ1v) is 5.62. The second-order valence-corrected chi connectivity index (χ2v) is 3.81. The first-order valence-electron chi connectivity index (χ1n) is 5.62. The van der Waals surface area contributed by atoms with Gasteiger partial charge >= 0.3 is 5.97 Å². The zero-order valence-electron chi connectivity index (χ0n) is 10.7. The average molecular weight is 259 g/mol. The largest absolute Gasteiger partial charge is 0.465 e. The summed E-state index contributed by atoms with van der Waals surface area (Å²) in [5.41, 5.74) is 0. The second kappa shape index (κ2) is 6.46. The number of ketones is 1. The molecule has 1 fully saturated rings. The molecular weight excluding hydrogens is 242 g/mol. The van der Waals surface area contributed by atoms with Crippen LogP contribution >= 0.6 is 0 Å². The number of nitrogens with zero attached hydrogens (tertiary/aromatic N) is 1. The lowest BCUT2D eigenvalue weighted by Gasteiger charge is -2.34. The Morgan fingerprint density at radius 1 is 1.39 bits per heavy atom. The number of amides is 1. The minimum atomic E-state index is -1.42. The summed E-state index contributed by atoms with van der Waals surface area (Å²) in [7, 11) is 2.76. The second-order valence-electron chi connectivity index (χ2n) is 3.81. The predicted molar refractivity (Wildman–Crippen MR) is 59.3 cm³/mol. The van der Waals surface area contributed by atoms with Gasteiger partial charge in [0.15, 0.2) is 11.7 Å². The van der Waals surface area contributed by atoms with Crippen molar-refractivity contribution < 1.29 is 28.7 Å². The van der Waals surface area contributed by atoms with Gasteiger partial charge in [-0.15, -0.1) is 0 Å². The summed E-state index contributed by atoms with van der Waals surface area (Å²) in [6.45, 7) is 1.89. The van der Waals surface area contributed by atoms with E-state index in [0.29, 0.717) is 0 Å². The number of ether oxygens (including phenoxy) is 2. The molecular formula is C11H17NO6. The molecule has 1 saturated heterocycles. The summed E-state index contributed by atoms with van der Waals surface area (Å²) in [6, 6.07) is -0.509. The number of esters is 1. The Bertz CT molecular complexity index is 342. The van der Waals surface area contributed by atoms with E-state index in [4.69, 9.17) is 14.3 Å². The van der Waals surface area contributed by atoms with Crippen molar-refractivity contribution in [2.75, 3.05) is 27.4 Å². The van der Waals surface area contributed by atoms with Gasteiger partial charge in [0.2, 0.25) is 0 Å². The van der Waals surface area contributed by atoms with Crippen LogP contribution in [0.15, 0.2) is 0 Å². The Balaban J connectivity index is 2.87.